The highest BCUT2D eigenvalue weighted by atomic mass is 35.5. The van der Waals surface area contributed by atoms with Crippen molar-refractivity contribution in [2.75, 3.05) is 33.9 Å². The molecule has 48 heavy (non-hydrogen) atoms. The van der Waals surface area contributed by atoms with Gasteiger partial charge in [-0.2, -0.15) is 5.10 Å². The lowest BCUT2D eigenvalue weighted by molar-refractivity contribution is -0.115. The Morgan fingerprint density at radius 1 is 1.00 bits per heavy atom. The van der Waals surface area contributed by atoms with Crippen LogP contribution in [0.2, 0.25) is 5.02 Å². The van der Waals surface area contributed by atoms with Crippen LogP contribution < -0.4 is 9.46 Å². The highest BCUT2D eigenvalue weighted by Crippen LogP contribution is 2.43. The monoisotopic (exact) mass is 690 g/mol. The van der Waals surface area contributed by atoms with E-state index in [0.29, 0.717) is 38.2 Å². The van der Waals surface area contributed by atoms with Crippen molar-refractivity contribution in [3.8, 4) is 16.9 Å². The number of likely N-dealkylation sites (N-methyl/N-ethyl adjacent to an activating group) is 1. The van der Waals surface area contributed by atoms with Gasteiger partial charge in [-0.1, -0.05) is 48.0 Å². The number of allylic oxidation sites excluding steroid dienone is 1. The fourth-order valence-corrected chi connectivity index (χ4v) is 7.17. The van der Waals surface area contributed by atoms with Crippen LogP contribution in [-0.2, 0) is 39.6 Å². The molecule has 1 aliphatic carbocycles. The summed E-state index contributed by atoms with van der Waals surface area (Å²) < 4.78 is 42.7. The minimum atomic E-state index is -4.07. The Morgan fingerprint density at radius 3 is 2.38 bits per heavy atom. The number of fused-ring (bicyclic) bond motifs is 1. The molecule has 0 fully saturated rings. The highest BCUT2D eigenvalue weighted by molar-refractivity contribution is 7.90. The highest BCUT2D eigenvalue weighted by Gasteiger charge is 2.32. The zero-order chi connectivity index (χ0) is 34.6. The van der Waals surface area contributed by atoms with Crippen molar-refractivity contribution in [1.29, 1.82) is 0 Å². The molecule has 1 aliphatic rings. The number of hydrogen-bond donors (Lipinski definition) is 1. The fourth-order valence-electron chi connectivity index (χ4n) is 6.06. The first-order chi connectivity index (χ1) is 22.9. The molecule has 0 saturated carbocycles. The molecule has 254 valence electrons. The SMILES string of the molecule is Cc1cc(OCCCC2=C(C(=O)NS(=O)(=O)c3ccccc3)Cc3c2cccc3-c2c(COCCN(C)C)nn(C)c2C)cc(C)c1Cl. The lowest BCUT2D eigenvalue weighted by Crippen LogP contribution is -2.32. The van der Waals surface area contributed by atoms with Crippen LogP contribution in [0.15, 0.2) is 71.1 Å². The van der Waals surface area contributed by atoms with Gasteiger partial charge in [-0.25, -0.2) is 13.1 Å². The maximum Gasteiger partial charge on any atom is 0.264 e. The van der Waals surface area contributed by atoms with Gasteiger partial charge in [0.25, 0.3) is 15.9 Å². The Labute approximate surface area is 288 Å². The number of amides is 1. The standard InChI is InChI=1S/C37H43ClN4O5S/c1-24-20-27(21-25(2)36(24)38)47-18-11-16-30-29-14-10-15-31(35-26(3)42(6)39-34(35)23-46-19-17-41(4)5)32(29)22-33(30)37(43)40-48(44,45)28-12-8-7-9-13-28/h7-10,12-15,20-21H,11,16-19,22-23H2,1-6H3,(H,40,43). The van der Waals surface area contributed by atoms with Crippen molar-refractivity contribution in [2.45, 2.75) is 51.5 Å². The number of sulfonamides is 1. The van der Waals surface area contributed by atoms with E-state index in [0.717, 1.165) is 67.7 Å². The van der Waals surface area contributed by atoms with E-state index in [-0.39, 0.29) is 11.3 Å². The fraction of sp³-hybridized carbons (Fsp3) is 0.351. The summed E-state index contributed by atoms with van der Waals surface area (Å²) in [5.41, 5.74) is 8.73. The third-order valence-corrected chi connectivity index (χ3v) is 10.6. The van der Waals surface area contributed by atoms with Crippen molar-refractivity contribution in [1.82, 2.24) is 19.4 Å². The first-order valence-corrected chi connectivity index (χ1v) is 17.8. The second-order valence-corrected chi connectivity index (χ2v) is 14.5. The second-order valence-electron chi connectivity index (χ2n) is 12.4. The molecule has 1 N–H and O–H groups in total. The normalized spacial score (nSPS) is 12.9. The van der Waals surface area contributed by atoms with Crippen LogP contribution in [0.5, 0.6) is 5.75 Å². The molecule has 0 radical (unpaired) electrons. The van der Waals surface area contributed by atoms with Gasteiger partial charge < -0.3 is 14.4 Å². The quantitative estimate of drug-likeness (QED) is 0.152. The number of carbonyl (C=O) groups excluding carboxylic acids is 1. The van der Waals surface area contributed by atoms with Crippen LogP contribution in [0.1, 0.15) is 46.5 Å². The number of rotatable bonds is 14. The Kier molecular flexibility index (Phi) is 11.1. The van der Waals surface area contributed by atoms with Gasteiger partial charge in [0, 0.05) is 41.9 Å². The molecule has 0 unspecified atom stereocenters. The number of benzene rings is 3. The predicted octanol–water partition coefficient (Wildman–Crippen LogP) is 6.42. The third kappa shape index (κ3) is 7.84. The van der Waals surface area contributed by atoms with Crippen molar-refractivity contribution in [3.63, 3.8) is 0 Å². The van der Waals surface area contributed by atoms with Crippen LogP contribution in [0, 0.1) is 20.8 Å². The first kappa shape index (κ1) is 35.3. The molecular weight excluding hydrogens is 648 g/mol. The molecule has 0 spiro atoms. The average molecular weight is 691 g/mol. The topological polar surface area (TPSA) is 103 Å². The van der Waals surface area contributed by atoms with E-state index in [1.54, 1.807) is 18.2 Å². The Hall–Kier alpha value is -3.96. The minimum absolute atomic E-state index is 0.0311. The molecule has 1 heterocycles. The zero-order valence-electron chi connectivity index (χ0n) is 28.4. The number of nitrogens with one attached hydrogen (secondary N) is 1. The maximum absolute atomic E-state index is 13.9. The van der Waals surface area contributed by atoms with Crippen LogP contribution in [0.25, 0.3) is 16.7 Å². The van der Waals surface area contributed by atoms with E-state index in [2.05, 4.69) is 9.62 Å². The molecule has 3 aromatic carbocycles. The lowest BCUT2D eigenvalue weighted by atomic mass is 9.93. The summed E-state index contributed by atoms with van der Waals surface area (Å²) in [5.74, 6) is 0.104. The number of aryl methyl sites for hydroxylation is 3. The predicted molar refractivity (Wildman–Crippen MR) is 190 cm³/mol. The molecule has 11 heteroatoms. The minimum Gasteiger partial charge on any atom is -0.494 e. The van der Waals surface area contributed by atoms with Crippen LogP contribution >= 0.6 is 11.6 Å². The van der Waals surface area contributed by atoms with Crippen LogP contribution in [0.3, 0.4) is 0 Å². The summed E-state index contributed by atoms with van der Waals surface area (Å²) in [6.45, 7) is 8.02. The maximum atomic E-state index is 13.9. The van der Waals surface area contributed by atoms with Crippen molar-refractivity contribution < 1.29 is 22.7 Å². The van der Waals surface area contributed by atoms with Gasteiger partial charge in [0.15, 0.2) is 0 Å². The Morgan fingerprint density at radius 2 is 1.69 bits per heavy atom. The number of halogens is 1. The van der Waals surface area contributed by atoms with E-state index in [4.69, 9.17) is 26.2 Å². The van der Waals surface area contributed by atoms with Crippen molar-refractivity contribution in [2.24, 2.45) is 7.05 Å². The van der Waals surface area contributed by atoms with Gasteiger partial charge in [0.2, 0.25) is 0 Å². The Bertz CT molecular complexity index is 1930. The largest absolute Gasteiger partial charge is 0.494 e. The molecule has 1 aromatic heterocycles. The molecule has 0 saturated heterocycles. The number of hydrogen-bond acceptors (Lipinski definition) is 7. The van der Waals surface area contributed by atoms with E-state index >= 15 is 0 Å². The van der Waals surface area contributed by atoms with Crippen molar-refractivity contribution >= 4 is 33.1 Å². The number of aromatic nitrogens is 2. The van der Waals surface area contributed by atoms with Gasteiger partial charge in [-0.3, -0.25) is 9.48 Å². The van der Waals surface area contributed by atoms with Gasteiger partial charge in [0.05, 0.1) is 30.4 Å². The van der Waals surface area contributed by atoms with E-state index in [9.17, 15) is 13.2 Å². The van der Waals surface area contributed by atoms with Crippen LogP contribution in [0.4, 0.5) is 0 Å². The van der Waals surface area contributed by atoms with Gasteiger partial charge in [-0.05, 0) is 105 Å². The summed E-state index contributed by atoms with van der Waals surface area (Å²) >= 11 is 6.34. The van der Waals surface area contributed by atoms with Gasteiger partial charge >= 0.3 is 0 Å². The molecule has 0 aliphatic heterocycles. The molecule has 0 atom stereocenters. The second kappa shape index (κ2) is 15.1. The zero-order valence-corrected chi connectivity index (χ0v) is 30.0. The summed E-state index contributed by atoms with van der Waals surface area (Å²) in [7, 11) is 1.84. The summed E-state index contributed by atoms with van der Waals surface area (Å²) in [4.78, 5) is 16.0. The smallest absolute Gasteiger partial charge is 0.264 e. The first-order valence-electron chi connectivity index (χ1n) is 16.0. The Balaban J connectivity index is 1.46. The number of carbonyl (C=O) groups is 1. The molecular formula is C37H43ClN4O5S. The van der Waals surface area contributed by atoms with Crippen molar-refractivity contribution in [3.05, 3.63) is 105 Å². The molecule has 9 nitrogen and oxygen atoms in total. The van der Waals surface area contributed by atoms with E-state index in [1.165, 1.54) is 12.1 Å². The van der Waals surface area contributed by atoms with Gasteiger partial charge in [-0.15, -0.1) is 0 Å². The summed E-state index contributed by atoms with van der Waals surface area (Å²) in [6.07, 6.45) is 1.41. The lowest BCUT2D eigenvalue weighted by Gasteiger charge is -2.13. The van der Waals surface area contributed by atoms with Crippen LogP contribution in [-0.4, -0.2) is 62.9 Å². The van der Waals surface area contributed by atoms with E-state index in [1.807, 2.05) is 76.9 Å². The number of ether oxygens (including phenoxy) is 2. The molecule has 5 rings (SSSR count). The van der Waals surface area contributed by atoms with E-state index < -0.39 is 15.9 Å². The number of nitrogens with zero attached hydrogens (tertiary/aromatic N) is 3. The third-order valence-electron chi connectivity index (χ3n) is 8.62. The summed E-state index contributed by atoms with van der Waals surface area (Å²) in [5, 5.41) is 5.49. The molecule has 0 bridgehead atoms. The average Bonchev–Trinajstić information content (AvgIpc) is 3.56. The molecule has 4 aromatic rings. The molecule has 1 amide bonds. The summed E-state index contributed by atoms with van der Waals surface area (Å²) in [6, 6.07) is 17.8. The van der Waals surface area contributed by atoms with Gasteiger partial charge in [0.1, 0.15) is 5.75 Å².